The Morgan fingerprint density at radius 2 is 1.85 bits per heavy atom. The molecule has 2 rings (SSSR count). The maximum absolute atomic E-state index is 12.3. The first-order chi connectivity index (χ1) is 9.62. The van der Waals surface area contributed by atoms with Crippen molar-refractivity contribution in [2.75, 3.05) is 19.0 Å². The largest absolute Gasteiger partial charge is 0.497 e. The van der Waals surface area contributed by atoms with Gasteiger partial charge in [0, 0.05) is 12.2 Å². The van der Waals surface area contributed by atoms with Crippen LogP contribution < -0.4 is 15.4 Å². The standard InChI is InChI=1S/C15H20N2O3/c1-3-10-16-13(18)15(8-9-15)14(19)17-11-4-6-12(20-2)7-5-11/h4-7H,3,8-10H2,1-2H3,(H,16,18)(H,17,19). The molecule has 0 heterocycles. The zero-order valence-corrected chi connectivity index (χ0v) is 11.9. The normalized spacial score (nSPS) is 15.3. The number of carbonyl (C=O) groups excluding carboxylic acids is 2. The zero-order chi connectivity index (χ0) is 14.6. The maximum atomic E-state index is 12.3. The van der Waals surface area contributed by atoms with Crippen molar-refractivity contribution in [3.05, 3.63) is 24.3 Å². The maximum Gasteiger partial charge on any atom is 0.240 e. The van der Waals surface area contributed by atoms with E-state index in [1.807, 2.05) is 6.92 Å². The molecule has 1 aromatic rings. The molecule has 0 aliphatic heterocycles. The Morgan fingerprint density at radius 1 is 1.20 bits per heavy atom. The van der Waals surface area contributed by atoms with Crippen molar-refractivity contribution < 1.29 is 14.3 Å². The molecule has 2 amide bonds. The molecule has 0 unspecified atom stereocenters. The molecule has 2 N–H and O–H groups in total. The summed E-state index contributed by atoms with van der Waals surface area (Å²) in [6.45, 7) is 2.59. The van der Waals surface area contributed by atoms with Crippen LogP contribution in [0.4, 0.5) is 5.69 Å². The van der Waals surface area contributed by atoms with Gasteiger partial charge in [-0.2, -0.15) is 0 Å². The average molecular weight is 276 g/mol. The monoisotopic (exact) mass is 276 g/mol. The Bertz CT molecular complexity index is 492. The van der Waals surface area contributed by atoms with E-state index in [0.717, 1.165) is 12.2 Å². The van der Waals surface area contributed by atoms with Gasteiger partial charge in [-0.05, 0) is 43.5 Å². The molecule has 0 radical (unpaired) electrons. The average Bonchev–Trinajstić information content (AvgIpc) is 3.27. The Balaban J connectivity index is 1.98. The van der Waals surface area contributed by atoms with Gasteiger partial charge in [0.25, 0.3) is 0 Å². The van der Waals surface area contributed by atoms with Crippen LogP contribution in [0.3, 0.4) is 0 Å². The highest BCUT2D eigenvalue weighted by Gasteiger charge is 2.56. The number of benzene rings is 1. The predicted molar refractivity (Wildman–Crippen MR) is 76.6 cm³/mol. The zero-order valence-electron chi connectivity index (χ0n) is 11.9. The number of methoxy groups -OCH3 is 1. The quantitative estimate of drug-likeness (QED) is 0.780. The molecular formula is C15H20N2O3. The van der Waals surface area contributed by atoms with Gasteiger partial charge in [-0.15, -0.1) is 0 Å². The van der Waals surface area contributed by atoms with Crippen LogP contribution in [0.25, 0.3) is 0 Å². The molecule has 1 aliphatic carbocycles. The van der Waals surface area contributed by atoms with E-state index < -0.39 is 5.41 Å². The lowest BCUT2D eigenvalue weighted by molar-refractivity contribution is -0.134. The summed E-state index contributed by atoms with van der Waals surface area (Å²) in [5.41, 5.74) is -0.194. The highest BCUT2D eigenvalue weighted by Crippen LogP contribution is 2.46. The van der Waals surface area contributed by atoms with E-state index >= 15 is 0 Å². The molecule has 1 fully saturated rings. The Morgan fingerprint density at radius 3 is 2.35 bits per heavy atom. The molecule has 0 aromatic heterocycles. The minimum absolute atomic E-state index is 0.162. The molecule has 5 nitrogen and oxygen atoms in total. The number of hydrogen-bond donors (Lipinski definition) is 2. The van der Waals surface area contributed by atoms with Gasteiger partial charge in [0.2, 0.25) is 11.8 Å². The van der Waals surface area contributed by atoms with Crippen molar-refractivity contribution in [3.8, 4) is 5.75 Å². The van der Waals surface area contributed by atoms with Crippen LogP contribution in [0, 0.1) is 5.41 Å². The third kappa shape index (κ3) is 2.92. The van der Waals surface area contributed by atoms with E-state index in [1.165, 1.54) is 0 Å². The number of hydrogen-bond acceptors (Lipinski definition) is 3. The first kappa shape index (κ1) is 14.4. The molecule has 1 aromatic carbocycles. The molecule has 5 heteroatoms. The van der Waals surface area contributed by atoms with Crippen molar-refractivity contribution in [2.45, 2.75) is 26.2 Å². The van der Waals surface area contributed by atoms with Gasteiger partial charge >= 0.3 is 0 Å². The highest BCUT2D eigenvalue weighted by molar-refractivity contribution is 6.13. The molecule has 0 bridgehead atoms. The SMILES string of the molecule is CCCNC(=O)C1(C(=O)Nc2ccc(OC)cc2)CC1. The third-order valence-electron chi connectivity index (χ3n) is 3.50. The van der Waals surface area contributed by atoms with Crippen LogP contribution in [-0.2, 0) is 9.59 Å². The van der Waals surface area contributed by atoms with Crippen molar-refractivity contribution in [1.29, 1.82) is 0 Å². The molecule has 1 saturated carbocycles. The fourth-order valence-electron chi connectivity index (χ4n) is 2.02. The first-order valence-electron chi connectivity index (χ1n) is 6.86. The summed E-state index contributed by atoms with van der Waals surface area (Å²) >= 11 is 0. The number of amides is 2. The summed E-state index contributed by atoms with van der Waals surface area (Å²) in [5, 5.41) is 5.60. The smallest absolute Gasteiger partial charge is 0.240 e. The van der Waals surface area contributed by atoms with Crippen molar-refractivity contribution in [2.24, 2.45) is 5.41 Å². The molecule has 0 spiro atoms. The Kier molecular flexibility index (Phi) is 4.27. The summed E-state index contributed by atoms with van der Waals surface area (Å²) in [4.78, 5) is 24.3. The van der Waals surface area contributed by atoms with Crippen LogP contribution in [0.1, 0.15) is 26.2 Å². The van der Waals surface area contributed by atoms with Crippen LogP contribution in [0.5, 0.6) is 5.75 Å². The van der Waals surface area contributed by atoms with E-state index in [4.69, 9.17) is 4.74 Å². The lowest BCUT2D eigenvalue weighted by atomic mass is 10.0. The highest BCUT2D eigenvalue weighted by atomic mass is 16.5. The summed E-state index contributed by atoms with van der Waals surface area (Å²) in [7, 11) is 1.59. The molecule has 108 valence electrons. The van der Waals surface area contributed by atoms with E-state index in [1.54, 1.807) is 31.4 Å². The lowest BCUT2D eigenvalue weighted by Gasteiger charge is -2.15. The fourth-order valence-corrected chi connectivity index (χ4v) is 2.02. The first-order valence-corrected chi connectivity index (χ1v) is 6.86. The van der Waals surface area contributed by atoms with Crippen LogP contribution >= 0.6 is 0 Å². The van der Waals surface area contributed by atoms with Crippen LogP contribution in [0.15, 0.2) is 24.3 Å². The Labute approximate surface area is 118 Å². The van der Waals surface area contributed by atoms with Crippen molar-refractivity contribution in [1.82, 2.24) is 5.32 Å². The van der Waals surface area contributed by atoms with Gasteiger partial charge in [-0.25, -0.2) is 0 Å². The summed E-state index contributed by atoms with van der Waals surface area (Å²) in [5.74, 6) is 0.339. The minimum atomic E-state index is -0.866. The summed E-state index contributed by atoms with van der Waals surface area (Å²) in [6, 6.07) is 7.06. The topological polar surface area (TPSA) is 67.4 Å². The van der Waals surface area contributed by atoms with Crippen LogP contribution in [0.2, 0.25) is 0 Å². The second kappa shape index (κ2) is 5.94. The number of nitrogens with one attached hydrogen (secondary N) is 2. The number of anilines is 1. The fraction of sp³-hybridized carbons (Fsp3) is 0.467. The molecule has 1 aliphatic rings. The molecule has 0 atom stereocenters. The third-order valence-corrected chi connectivity index (χ3v) is 3.50. The summed E-state index contributed by atoms with van der Waals surface area (Å²) in [6.07, 6.45) is 2.09. The van der Waals surface area contributed by atoms with Crippen LogP contribution in [-0.4, -0.2) is 25.5 Å². The predicted octanol–water partition coefficient (Wildman–Crippen LogP) is 1.94. The molecule has 20 heavy (non-hydrogen) atoms. The van der Waals surface area contributed by atoms with Gasteiger partial charge in [0.05, 0.1) is 7.11 Å². The minimum Gasteiger partial charge on any atom is -0.497 e. The van der Waals surface area contributed by atoms with E-state index in [-0.39, 0.29) is 11.8 Å². The number of rotatable bonds is 6. The molecule has 0 saturated heterocycles. The Hall–Kier alpha value is -2.04. The van der Waals surface area contributed by atoms with E-state index in [0.29, 0.717) is 25.1 Å². The van der Waals surface area contributed by atoms with E-state index in [9.17, 15) is 9.59 Å². The number of carbonyl (C=O) groups is 2. The van der Waals surface area contributed by atoms with Gasteiger partial charge in [-0.1, -0.05) is 6.92 Å². The van der Waals surface area contributed by atoms with Gasteiger partial charge in [0.15, 0.2) is 0 Å². The lowest BCUT2D eigenvalue weighted by Crippen LogP contribution is -2.40. The van der Waals surface area contributed by atoms with Gasteiger partial charge in [-0.3, -0.25) is 9.59 Å². The van der Waals surface area contributed by atoms with Crippen molar-refractivity contribution in [3.63, 3.8) is 0 Å². The second-order valence-corrected chi connectivity index (χ2v) is 5.02. The summed E-state index contributed by atoms with van der Waals surface area (Å²) < 4.78 is 5.06. The number of ether oxygens (including phenoxy) is 1. The van der Waals surface area contributed by atoms with Crippen molar-refractivity contribution >= 4 is 17.5 Å². The molecular weight excluding hydrogens is 256 g/mol. The second-order valence-electron chi connectivity index (χ2n) is 5.02. The van der Waals surface area contributed by atoms with E-state index in [2.05, 4.69) is 10.6 Å². The van der Waals surface area contributed by atoms with Gasteiger partial charge < -0.3 is 15.4 Å². The van der Waals surface area contributed by atoms with Gasteiger partial charge in [0.1, 0.15) is 11.2 Å².